The van der Waals surface area contributed by atoms with Gasteiger partial charge in [0.05, 0.1) is 0 Å². The predicted octanol–water partition coefficient (Wildman–Crippen LogP) is 2.70. The molecular weight excluding hydrogens is 262 g/mol. The summed E-state index contributed by atoms with van der Waals surface area (Å²) in [7, 11) is 3.86. The number of fused-ring (bicyclic) bond motifs is 2. The summed E-state index contributed by atoms with van der Waals surface area (Å²) in [6.45, 7) is 2.15. The van der Waals surface area contributed by atoms with E-state index >= 15 is 0 Å². The van der Waals surface area contributed by atoms with E-state index < -0.39 is 0 Å². The summed E-state index contributed by atoms with van der Waals surface area (Å²) in [4.78, 5) is 18.7. The Labute approximate surface area is 126 Å². The molecular formula is C17H25N3O. The Balaban J connectivity index is 1.64. The molecule has 2 aliphatic carbocycles. The normalized spacial score (nSPS) is 28.4. The van der Waals surface area contributed by atoms with Crippen molar-refractivity contribution in [2.45, 2.75) is 38.6 Å². The lowest BCUT2D eigenvalue weighted by Gasteiger charge is -2.28. The van der Waals surface area contributed by atoms with Crippen LogP contribution in [-0.2, 0) is 0 Å². The van der Waals surface area contributed by atoms with E-state index in [0.717, 1.165) is 17.7 Å². The molecule has 4 nitrogen and oxygen atoms in total. The minimum Gasteiger partial charge on any atom is -0.363 e. The van der Waals surface area contributed by atoms with Crippen LogP contribution in [0.5, 0.6) is 0 Å². The zero-order valence-corrected chi connectivity index (χ0v) is 13.2. The molecule has 2 fully saturated rings. The van der Waals surface area contributed by atoms with Crippen molar-refractivity contribution in [3.05, 3.63) is 23.9 Å². The van der Waals surface area contributed by atoms with E-state index in [2.05, 4.69) is 17.2 Å². The Hall–Kier alpha value is -1.58. The zero-order chi connectivity index (χ0) is 15.0. The molecule has 1 amide bonds. The molecule has 0 saturated heterocycles. The van der Waals surface area contributed by atoms with E-state index in [0.29, 0.717) is 11.6 Å². The van der Waals surface area contributed by atoms with Gasteiger partial charge in [0.25, 0.3) is 5.91 Å². The molecule has 0 radical (unpaired) electrons. The molecule has 0 aromatic carbocycles. The van der Waals surface area contributed by atoms with E-state index in [1.54, 1.807) is 6.07 Å². The number of nitrogens with zero attached hydrogens (tertiary/aromatic N) is 2. The molecule has 1 heterocycles. The summed E-state index contributed by atoms with van der Waals surface area (Å²) >= 11 is 0. The topological polar surface area (TPSA) is 45.2 Å². The van der Waals surface area contributed by atoms with Crippen LogP contribution in [0.1, 0.15) is 43.1 Å². The SMILES string of the molecule is CC(NC(=O)c1cccc(N(C)C)n1)C1CC2CCC1C2. The Morgan fingerprint density at radius 2 is 2.14 bits per heavy atom. The van der Waals surface area contributed by atoms with Crippen LogP contribution >= 0.6 is 0 Å². The number of nitrogens with one attached hydrogen (secondary N) is 1. The summed E-state index contributed by atoms with van der Waals surface area (Å²) in [6.07, 6.45) is 5.41. The number of amides is 1. The molecule has 3 rings (SSSR count). The zero-order valence-electron chi connectivity index (χ0n) is 13.2. The summed E-state index contributed by atoms with van der Waals surface area (Å²) in [5, 5.41) is 3.17. The van der Waals surface area contributed by atoms with Crippen LogP contribution in [0, 0.1) is 17.8 Å². The quantitative estimate of drug-likeness (QED) is 0.926. The molecule has 4 unspecified atom stereocenters. The van der Waals surface area contributed by atoms with Crippen molar-refractivity contribution in [3.63, 3.8) is 0 Å². The van der Waals surface area contributed by atoms with Crippen molar-refractivity contribution < 1.29 is 4.79 Å². The number of anilines is 1. The maximum Gasteiger partial charge on any atom is 0.270 e. The first-order valence-corrected chi connectivity index (χ1v) is 8.00. The molecule has 21 heavy (non-hydrogen) atoms. The highest BCUT2D eigenvalue weighted by atomic mass is 16.1. The highest BCUT2D eigenvalue weighted by Crippen LogP contribution is 2.49. The molecule has 1 N–H and O–H groups in total. The van der Waals surface area contributed by atoms with Gasteiger partial charge in [0, 0.05) is 20.1 Å². The summed E-state index contributed by atoms with van der Waals surface area (Å²) in [6, 6.07) is 5.84. The molecule has 4 heteroatoms. The van der Waals surface area contributed by atoms with Crippen molar-refractivity contribution in [1.29, 1.82) is 0 Å². The van der Waals surface area contributed by atoms with Gasteiger partial charge in [0.1, 0.15) is 11.5 Å². The standard InChI is InChI=1S/C17H25N3O/c1-11(14-10-12-7-8-13(14)9-12)18-17(21)15-5-4-6-16(19-15)20(2)3/h4-6,11-14H,7-10H2,1-3H3,(H,18,21). The maximum absolute atomic E-state index is 12.4. The molecule has 2 bridgehead atoms. The van der Waals surface area contributed by atoms with Crippen LogP contribution in [-0.4, -0.2) is 31.0 Å². The van der Waals surface area contributed by atoms with Crippen LogP contribution in [0.3, 0.4) is 0 Å². The summed E-state index contributed by atoms with van der Waals surface area (Å²) in [5.41, 5.74) is 0.510. The summed E-state index contributed by atoms with van der Waals surface area (Å²) in [5.74, 6) is 3.16. The molecule has 2 saturated carbocycles. The van der Waals surface area contributed by atoms with Crippen LogP contribution in [0.15, 0.2) is 18.2 Å². The monoisotopic (exact) mass is 287 g/mol. The van der Waals surface area contributed by atoms with Gasteiger partial charge in [0.2, 0.25) is 0 Å². The fraction of sp³-hybridized carbons (Fsp3) is 0.647. The van der Waals surface area contributed by atoms with Crippen molar-refractivity contribution in [3.8, 4) is 0 Å². The first-order chi connectivity index (χ1) is 10.0. The molecule has 4 atom stereocenters. The van der Waals surface area contributed by atoms with Crippen LogP contribution in [0.2, 0.25) is 0 Å². The first-order valence-electron chi connectivity index (χ1n) is 8.00. The van der Waals surface area contributed by atoms with Gasteiger partial charge < -0.3 is 10.2 Å². The summed E-state index contributed by atoms with van der Waals surface area (Å²) < 4.78 is 0. The van der Waals surface area contributed by atoms with E-state index in [1.165, 1.54) is 25.7 Å². The van der Waals surface area contributed by atoms with Gasteiger partial charge in [-0.3, -0.25) is 4.79 Å². The number of hydrogen-bond acceptors (Lipinski definition) is 3. The largest absolute Gasteiger partial charge is 0.363 e. The van der Waals surface area contributed by atoms with Crippen molar-refractivity contribution in [2.75, 3.05) is 19.0 Å². The van der Waals surface area contributed by atoms with Gasteiger partial charge in [-0.1, -0.05) is 12.5 Å². The average molecular weight is 287 g/mol. The molecule has 114 valence electrons. The number of pyridine rings is 1. The third-order valence-corrected chi connectivity index (χ3v) is 5.22. The lowest BCUT2D eigenvalue weighted by atomic mass is 9.84. The lowest BCUT2D eigenvalue weighted by Crippen LogP contribution is -2.40. The minimum atomic E-state index is -0.0472. The average Bonchev–Trinajstić information content (AvgIpc) is 3.10. The number of carbonyl (C=O) groups is 1. The number of carbonyl (C=O) groups excluding carboxylic acids is 1. The molecule has 1 aromatic heterocycles. The van der Waals surface area contributed by atoms with E-state index in [9.17, 15) is 4.79 Å². The third kappa shape index (κ3) is 2.89. The number of rotatable bonds is 4. The van der Waals surface area contributed by atoms with E-state index in [-0.39, 0.29) is 11.9 Å². The van der Waals surface area contributed by atoms with Crippen LogP contribution in [0.25, 0.3) is 0 Å². The molecule has 2 aliphatic rings. The molecule has 0 aliphatic heterocycles. The Kier molecular flexibility index (Phi) is 3.87. The minimum absolute atomic E-state index is 0.0472. The van der Waals surface area contributed by atoms with Gasteiger partial charge in [-0.25, -0.2) is 4.98 Å². The number of aromatic nitrogens is 1. The molecule has 0 spiro atoms. The highest BCUT2D eigenvalue weighted by Gasteiger charge is 2.42. The number of hydrogen-bond donors (Lipinski definition) is 1. The maximum atomic E-state index is 12.4. The molecule has 1 aromatic rings. The second-order valence-electron chi connectivity index (χ2n) is 6.88. The van der Waals surface area contributed by atoms with Gasteiger partial charge >= 0.3 is 0 Å². The van der Waals surface area contributed by atoms with Gasteiger partial charge in [-0.15, -0.1) is 0 Å². The Bertz CT molecular complexity index is 529. The fourth-order valence-corrected chi connectivity index (χ4v) is 4.09. The Morgan fingerprint density at radius 3 is 2.76 bits per heavy atom. The van der Waals surface area contributed by atoms with Gasteiger partial charge in [-0.2, -0.15) is 0 Å². The Morgan fingerprint density at radius 1 is 1.33 bits per heavy atom. The van der Waals surface area contributed by atoms with Crippen molar-refractivity contribution >= 4 is 11.7 Å². The van der Waals surface area contributed by atoms with Gasteiger partial charge in [0.15, 0.2) is 0 Å². The fourth-order valence-electron chi connectivity index (χ4n) is 4.09. The third-order valence-electron chi connectivity index (χ3n) is 5.22. The lowest BCUT2D eigenvalue weighted by molar-refractivity contribution is 0.0910. The predicted molar refractivity (Wildman–Crippen MR) is 84.4 cm³/mol. The van der Waals surface area contributed by atoms with E-state index in [1.807, 2.05) is 31.1 Å². The smallest absolute Gasteiger partial charge is 0.270 e. The van der Waals surface area contributed by atoms with Crippen LogP contribution in [0.4, 0.5) is 5.82 Å². The van der Waals surface area contributed by atoms with Crippen molar-refractivity contribution in [2.24, 2.45) is 17.8 Å². The van der Waals surface area contributed by atoms with E-state index in [4.69, 9.17) is 0 Å². The highest BCUT2D eigenvalue weighted by molar-refractivity contribution is 5.92. The second-order valence-corrected chi connectivity index (χ2v) is 6.88. The van der Waals surface area contributed by atoms with Crippen LogP contribution < -0.4 is 10.2 Å². The second kappa shape index (κ2) is 5.66. The first kappa shape index (κ1) is 14.4. The van der Waals surface area contributed by atoms with Gasteiger partial charge in [-0.05, 0) is 56.1 Å². The van der Waals surface area contributed by atoms with Crippen molar-refractivity contribution in [1.82, 2.24) is 10.3 Å².